The fourth-order valence-corrected chi connectivity index (χ4v) is 1.78. The molecule has 1 aromatic carbocycles. The van der Waals surface area contributed by atoms with Gasteiger partial charge in [-0.2, -0.15) is 0 Å². The number of benzene rings is 1. The van der Waals surface area contributed by atoms with Gasteiger partial charge in [-0.15, -0.1) is 0 Å². The largest absolute Gasteiger partial charge is 0.296 e. The highest BCUT2D eigenvalue weighted by molar-refractivity contribution is 6.34. The van der Waals surface area contributed by atoms with E-state index in [2.05, 4.69) is 9.97 Å². The number of imidazole rings is 1. The molecule has 0 aliphatic heterocycles. The molecule has 0 bridgehead atoms. The zero-order valence-electron chi connectivity index (χ0n) is 7.18. The third-order valence-corrected chi connectivity index (χ3v) is 2.52. The molecule has 68 valence electrons. The lowest BCUT2D eigenvalue weighted by Gasteiger charge is -2.01. The fourth-order valence-electron chi connectivity index (χ4n) is 1.56. The number of hydrogen-bond acceptors (Lipinski definition) is 2. The lowest BCUT2D eigenvalue weighted by molar-refractivity contribution is 1.19. The first-order valence-corrected chi connectivity index (χ1v) is 4.59. The Balaban J connectivity index is 2.64. The van der Waals surface area contributed by atoms with E-state index in [0.29, 0.717) is 5.02 Å². The third kappa shape index (κ3) is 0.930. The maximum atomic E-state index is 6.03. The molecule has 14 heavy (non-hydrogen) atoms. The van der Waals surface area contributed by atoms with Crippen LogP contribution < -0.4 is 0 Å². The van der Waals surface area contributed by atoms with Crippen LogP contribution in [0, 0.1) is 0 Å². The molecule has 0 N–H and O–H groups in total. The normalized spacial score (nSPS) is 11.2. The molecule has 0 saturated carbocycles. The van der Waals surface area contributed by atoms with Gasteiger partial charge < -0.3 is 0 Å². The van der Waals surface area contributed by atoms with Crippen molar-refractivity contribution in [1.82, 2.24) is 14.4 Å². The highest BCUT2D eigenvalue weighted by Gasteiger charge is 2.03. The Kier molecular flexibility index (Phi) is 1.49. The summed E-state index contributed by atoms with van der Waals surface area (Å²) in [5.74, 6) is 0. The minimum absolute atomic E-state index is 0.665. The first-order valence-electron chi connectivity index (χ1n) is 4.21. The van der Waals surface area contributed by atoms with Gasteiger partial charge in [0.2, 0.25) is 0 Å². The van der Waals surface area contributed by atoms with Gasteiger partial charge in [0.1, 0.15) is 5.52 Å². The fraction of sp³-hybridized carbons (Fsp3) is 0. The van der Waals surface area contributed by atoms with Gasteiger partial charge in [0.25, 0.3) is 0 Å². The Morgan fingerprint density at radius 2 is 2.14 bits per heavy atom. The van der Waals surface area contributed by atoms with Gasteiger partial charge in [-0.1, -0.05) is 17.7 Å². The van der Waals surface area contributed by atoms with Crippen molar-refractivity contribution >= 4 is 28.2 Å². The number of aromatic nitrogens is 3. The Hall–Kier alpha value is -1.61. The number of fused-ring (bicyclic) bond motifs is 3. The Morgan fingerprint density at radius 3 is 3.07 bits per heavy atom. The minimum Gasteiger partial charge on any atom is -0.296 e. The van der Waals surface area contributed by atoms with Gasteiger partial charge in [-0.05, 0) is 12.1 Å². The summed E-state index contributed by atoms with van der Waals surface area (Å²) in [7, 11) is 0. The summed E-state index contributed by atoms with van der Waals surface area (Å²) < 4.78 is 1.97. The summed E-state index contributed by atoms with van der Waals surface area (Å²) in [4.78, 5) is 8.35. The van der Waals surface area contributed by atoms with E-state index in [1.807, 2.05) is 22.6 Å². The number of rotatable bonds is 0. The molecule has 0 atom stereocenters. The average Bonchev–Trinajstić information content (AvgIpc) is 2.66. The summed E-state index contributed by atoms with van der Waals surface area (Å²) >= 11 is 6.03. The molecule has 0 spiro atoms. The van der Waals surface area contributed by atoms with E-state index < -0.39 is 0 Å². The van der Waals surface area contributed by atoms with E-state index in [1.165, 1.54) is 0 Å². The first kappa shape index (κ1) is 7.76. The van der Waals surface area contributed by atoms with Gasteiger partial charge >= 0.3 is 0 Å². The van der Waals surface area contributed by atoms with E-state index in [4.69, 9.17) is 11.6 Å². The van der Waals surface area contributed by atoms with E-state index in [1.54, 1.807) is 18.7 Å². The zero-order valence-corrected chi connectivity index (χ0v) is 7.94. The minimum atomic E-state index is 0.665. The van der Waals surface area contributed by atoms with Crippen molar-refractivity contribution in [3.05, 3.63) is 41.9 Å². The molecule has 0 saturated heterocycles. The molecule has 0 amide bonds. The average molecular weight is 204 g/mol. The maximum Gasteiger partial charge on any atom is 0.106 e. The number of para-hydroxylation sites is 1. The molecule has 3 nitrogen and oxygen atoms in total. The second-order valence-corrected chi connectivity index (χ2v) is 3.46. The second-order valence-electron chi connectivity index (χ2n) is 3.05. The molecule has 4 heteroatoms. The van der Waals surface area contributed by atoms with Gasteiger partial charge in [-0.25, -0.2) is 4.98 Å². The van der Waals surface area contributed by atoms with Gasteiger partial charge in [0.05, 0.1) is 34.8 Å². The molecular formula is C10H6ClN3. The van der Waals surface area contributed by atoms with E-state index in [-0.39, 0.29) is 0 Å². The molecule has 2 aromatic heterocycles. The van der Waals surface area contributed by atoms with Crippen LogP contribution in [0.4, 0.5) is 0 Å². The van der Waals surface area contributed by atoms with Crippen molar-refractivity contribution < 1.29 is 0 Å². The lowest BCUT2D eigenvalue weighted by Crippen LogP contribution is -1.89. The number of hydrogen-bond donors (Lipinski definition) is 0. The Bertz CT molecular complexity index is 615. The Morgan fingerprint density at radius 1 is 1.21 bits per heavy atom. The summed E-state index contributed by atoms with van der Waals surface area (Å²) in [6.07, 6.45) is 5.30. The molecular weight excluding hydrogens is 198 g/mol. The van der Waals surface area contributed by atoms with E-state index in [0.717, 1.165) is 16.6 Å². The maximum absolute atomic E-state index is 6.03. The predicted octanol–water partition coefficient (Wildman–Crippen LogP) is 2.54. The number of halogens is 1. The summed E-state index contributed by atoms with van der Waals surface area (Å²) in [5.41, 5.74) is 2.76. The predicted molar refractivity (Wildman–Crippen MR) is 55.5 cm³/mol. The quantitative estimate of drug-likeness (QED) is 0.562. The highest BCUT2D eigenvalue weighted by atomic mass is 35.5. The SMILES string of the molecule is Clc1cccc2c1ncc1cncn12. The van der Waals surface area contributed by atoms with Crippen LogP contribution in [0.1, 0.15) is 0 Å². The van der Waals surface area contributed by atoms with Crippen LogP contribution in [0.5, 0.6) is 0 Å². The van der Waals surface area contributed by atoms with Crippen molar-refractivity contribution in [3.63, 3.8) is 0 Å². The van der Waals surface area contributed by atoms with Crippen LogP contribution in [-0.2, 0) is 0 Å². The van der Waals surface area contributed by atoms with Gasteiger partial charge in [-0.3, -0.25) is 9.38 Å². The Labute approximate surface area is 85.0 Å². The third-order valence-electron chi connectivity index (χ3n) is 2.22. The number of nitrogens with zero attached hydrogens (tertiary/aromatic N) is 3. The van der Waals surface area contributed by atoms with Crippen molar-refractivity contribution in [2.75, 3.05) is 0 Å². The van der Waals surface area contributed by atoms with Crippen LogP contribution in [0.25, 0.3) is 16.6 Å². The molecule has 0 unspecified atom stereocenters. The molecule has 0 radical (unpaired) electrons. The van der Waals surface area contributed by atoms with Crippen LogP contribution >= 0.6 is 11.6 Å². The molecule has 3 aromatic rings. The van der Waals surface area contributed by atoms with Crippen LogP contribution in [0.15, 0.2) is 36.9 Å². The van der Waals surface area contributed by atoms with Gasteiger partial charge in [0.15, 0.2) is 0 Å². The van der Waals surface area contributed by atoms with Crippen molar-refractivity contribution in [3.8, 4) is 0 Å². The second kappa shape index (κ2) is 2.69. The smallest absolute Gasteiger partial charge is 0.106 e. The molecule has 0 aliphatic rings. The van der Waals surface area contributed by atoms with E-state index in [9.17, 15) is 0 Å². The van der Waals surface area contributed by atoms with Crippen LogP contribution in [-0.4, -0.2) is 14.4 Å². The zero-order chi connectivity index (χ0) is 9.54. The monoisotopic (exact) mass is 203 g/mol. The van der Waals surface area contributed by atoms with Gasteiger partial charge in [0, 0.05) is 0 Å². The van der Waals surface area contributed by atoms with Crippen molar-refractivity contribution in [1.29, 1.82) is 0 Å². The van der Waals surface area contributed by atoms with Crippen molar-refractivity contribution in [2.45, 2.75) is 0 Å². The molecule has 0 fully saturated rings. The van der Waals surface area contributed by atoms with Crippen LogP contribution in [0.3, 0.4) is 0 Å². The lowest BCUT2D eigenvalue weighted by atomic mass is 10.3. The highest BCUT2D eigenvalue weighted by Crippen LogP contribution is 2.21. The summed E-state index contributed by atoms with van der Waals surface area (Å²) in [5, 5.41) is 0.665. The topological polar surface area (TPSA) is 30.2 Å². The van der Waals surface area contributed by atoms with E-state index >= 15 is 0 Å². The molecule has 0 aliphatic carbocycles. The van der Waals surface area contributed by atoms with Crippen molar-refractivity contribution in [2.24, 2.45) is 0 Å². The summed E-state index contributed by atoms with van der Waals surface area (Å²) in [6.45, 7) is 0. The van der Waals surface area contributed by atoms with Crippen LogP contribution in [0.2, 0.25) is 5.02 Å². The summed E-state index contributed by atoms with van der Waals surface area (Å²) in [6, 6.07) is 5.72. The first-order chi connectivity index (χ1) is 6.86. The molecule has 3 rings (SSSR count). The molecule has 2 heterocycles. The standard InChI is InChI=1S/C10H6ClN3/c11-8-2-1-3-9-10(8)13-5-7-4-12-6-14(7)9/h1-6H.